The number of benzene rings is 1. The Balaban J connectivity index is 1.79. The van der Waals surface area contributed by atoms with E-state index < -0.39 is 0 Å². The molecule has 6 nitrogen and oxygen atoms in total. The monoisotopic (exact) mass is 257 g/mol. The molecule has 0 atom stereocenters. The van der Waals surface area contributed by atoms with Crippen molar-refractivity contribution in [3.8, 4) is 5.69 Å². The molecular weight excluding hydrogens is 242 g/mol. The average molecular weight is 257 g/mol. The van der Waals surface area contributed by atoms with Gasteiger partial charge in [0.05, 0.1) is 11.9 Å². The molecule has 1 fully saturated rings. The Morgan fingerprint density at radius 3 is 2.63 bits per heavy atom. The molecule has 1 saturated heterocycles. The van der Waals surface area contributed by atoms with Crippen LogP contribution in [0.5, 0.6) is 0 Å². The van der Waals surface area contributed by atoms with Crippen molar-refractivity contribution in [1.82, 2.24) is 25.2 Å². The number of hydrogen-bond donors (Lipinski definition) is 1. The Morgan fingerprint density at radius 2 is 1.89 bits per heavy atom. The normalized spacial score (nSPS) is 15.5. The molecular formula is C13H15N5O. The smallest absolute Gasteiger partial charge is 0.276 e. The molecule has 98 valence electrons. The number of piperazine rings is 1. The van der Waals surface area contributed by atoms with Gasteiger partial charge in [-0.1, -0.05) is 23.4 Å². The maximum Gasteiger partial charge on any atom is 0.276 e. The second-order valence-electron chi connectivity index (χ2n) is 4.43. The maximum atomic E-state index is 12.2. The Bertz CT molecular complexity index is 559. The summed E-state index contributed by atoms with van der Waals surface area (Å²) in [5.74, 6) is -0.0521. The van der Waals surface area contributed by atoms with Crippen LogP contribution in [0, 0.1) is 0 Å². The summed E-state index contributed by atoms with van der Waals surface area (Å²) in [6.45, 7) is 3.10. The third-order valence-electron chi connectivity index (χ3n) is 3.14. The van der Waals surface area contributed by atoms with Crippen LogP contribution >= 0.6 is 0 Å². The number of hydrogen-bond acceptors (Lipinski definition) is 4. The van der Waals surface area contributed by atoms with Gasteiger partial charge < -0.3 is 10.2 Å². The molecule has 1 N–H and O–H groups in total. The zero-order valence-electron chi connectivity index (χ0n) is 10.5. The number of rotatable bonds is 2. The first kappa shape index (κ1) is 11.9. The molecule has 19 heavy (non-hydrogen) atoms. The van der Waals surface area contributed by atoms with Crippen molar-refractivity contribution in [2.75, 3.05) is 26.2 Å². The largest absolute Gasteiger partial charge is 0.335 e. The molecule has 1 aromatic carbocycles. The third kappa shape index (κ3) is 2.48. The molecule has 0 bridgehead atoms. The summed E-state index contributed by atoms with van der Waals surface area (Å²) in [4.78, 5) is 14.0. The summed E-state index contributed by atoms with van der Waals surface area (Å²) in [7, 11) is 0. The molecule has 3 rings (SSSR count). The number of carbonyl (C=O) groups excluding carboxylic acids is 1. The number of carbonyl (C=O) groups is 1. The predicted molar refractivity (Wildman–Crippen MR) is 70.1 cm³/mol. The van der Waals surface area contributed by atoms with Gasteiger partial charge in [0.2, 0.25) is 0 Å². The molecule has 1 aliphatic heterocycles. The minimum Gasteiger partial charge on any atom is -0.335 e. The van der Waals surface area contributed by atoms with Crippen LogP contribution < -0.4 is 5.32 Å². The molecule has 1 aliphatic rings. The standard InChI is InChI=1S/C13H15N5O/c19-13(17-8-6-14-7-9-17)12-10-18(16-15-12)11-4-2-1-3-5-11/h1-5,10,14H,6-9H2. The van der Waals surface area contributed by atoms with E-state index in [-0.39, 0.29) is 5.91 Å². The Labute approximate surface area is 111 Å². The highest BCUT2D eigenvalue weighted by molar-refractivity contribution is 5.92. The number of nitrogens with zero attached hydrogens (tertiary/aromatic N) is 4. The van der Waals surface area contributed by atoms with E-state index in [1.54, 1.807) is 15.8 Å². The van der Waals surface area contributed by atoms with Crippen LogP contribution in [0.3, 0.4) is 0 Å². The molecule has 1 aromatic heterocycles. The van der Waals surface area contributed by atoms with Gasteiger partial charge in [-0.15, -0.1) is 5.10 Å². The van der Waals surface area contributed by atoms with Crippen LogP contribution in [-0.4, -0.2) is 52.0 Å². The van der Waals surface area contributed by atoms with E-state index >= 15 is 0 Å². The molecule has 6 heteroatoms. The number of amides is 1. The summed E-state index contributed by atoms with van der Waals surface area (Å²) in [6.07, 6.45) is 1.68. The van der Waals surface area contributed by atoms with E-state index in [1.165, 1.54) is 0 Å². The Hall–Kier alpha value is -2.21. The number of aromatic nitrogens is 3. The van der Waals surface area contributed by atoms with Gasteiger partial charge in [0.1, 0.15) is 0 Å². The van der Waals surface area contributed by atoms with Crippen LogP contribution in [-0.2, 0) is 0 Å². The molecule has 0 spiro atoms. The fourth-order valence-electron chi connectivity index (χ4n) is 2.10. The summed E-state index contributed by atoms with van der Waals surface area (Å²) < 4.78 is 1.62. The fourth-order valence-corrected chi connectivity index (χ4v) is 2.10. The van der Waals surface area contributed by atoms with Crippen LogP contribution in [0.4, 0.5) is 0 Å². The molecule has 2 heterocycles. The van der Waals surface area contributed by atoms with Crippen molar-refractivity contribution >= 4 is 5.91 Å². The average Bonchev–Trinajstić information content (AvgIpc) is 2.98. The van der Waals surface area contributed by atoms with E-state index in [0.717, 1.165) is 31.9 Å². The third-order valence-corrected chi connectivity index (χ3v) is 3.14. The fraction of sp³-hybridized carbons (Fsp3) is 0.308. The van der Waals surface area contributed by atoms with Crippen molar-refractivity contribution in [3.05, 3.63) is 42.2 Å². The van der Waals surface area contributed by atoms with Crippen molar-refractivity contribution in [3.63, 3.8) is 0 Å². The zero-order chi connectivity index (χ0) is 13.1. The first-order chi connectivity index (χ1) is 9.34. The highest BCUT2D eigenvalue weighted by atomic mass is 16.2. The van der Waals surface area contributed by atoms with Crippen molar-refractivity contribution in [1.29, 1.82) is 0 Å². The topological polar surface area (TPSA) is 63.1 Å². The second-order valence-corrected chi connectivity index (χ2v) is 4.43. The van der Waals surface area contributed by atoms with E-state index in [2.05, 4.69) is 15.6 Å². The molecule has 0 unspecified atom stereocenters. The van der Waals surface area contributed by atoms with E-state index in [0.29, 0.717) is 5.69 Å². The van der Waals surface area contributed by atoms with E-state index in [4.69, 9.17) is 0 Å². The van der Waals surface area contributed by atoms with Gasteiger partial charge in [-0.25, -0.2) is 4.68 Å². The Morgan fingerprint density at radius 1 is 1.16 bits per heavy atom. The van der Waals surface area contributed by atoms with Gasteiger partial charge in [0.15, 0.2) is 5.69 Å². The van der Waals surface area contributed by atoms with Gasteiger partial charge in [0.25, 0.3) is 5.91 Å². The van der Waals surface area contributed by atoms with Crippen LogP contribution in [0.2, 0.25) is 0 Å². The lowest BCUT2D eigenvalue weighted by Gasteiger charge is -2.26. The SMILES string of the molecule is O=C(c1cn(-c2ccccc2)nn1)N1CCNCC1. The summed E-state index contributed by atoms with van der Waals surface area (Å²) in [5, 5.41) is 11.2. The van der Waals surface area contributed by atoms with E-state index in [9.17, 15) is 4.79 Å². The van der Waals surface area contributed by atoms with Crippen LogP contribution in [0.1, 0.15) is 10.5 Å². The quantitative estimate of drug-likeness (QED) is 0.841. The minimum atomic E-state index is -0.0521. The van der Waals surface area contributed by atoms with Gasteiger partial charge in [-0.05, 0) is 12.1 Å². The summed E-state index contributed by atoms with van der Waals surface area (Å²) >= 11 is 0. The molecule has 0 saturated carbocycles. The zero-order valence-corrected chi connectivity index (χ0v) is 10.5. The Kier molecular flexibility index (Phi) is 3.24. The highest BCUT2D eigenvalue weighted by Crippen LogP contribution is 2.08. The van der Waals surface area contributed by atoms with E-state index in [1.807, 2.05) is 30.3 Å². The summed E-state index contributed by atoms with van der Waals surface area (Å²) in [6, 6.07) is 9.64. The lowest BCUT2D eigenvalue weighted by atomic mass is 10.3. The predicted octanol–water partition coefficient (Wildman–Crippen LogP) is 0.313. The van der Waals surface area contributed by atoms with Gasteiger partial charge in [0, 0.05) is 26.2 Å². The van der Waals surface area contributed by atoms with Crippen molar-refractivity contribution in [2.45, 2.75) is 0 Å². The first-order valence-corrected chi connectivity index (χ1v) is 6.32. The molecule has 1 amide bonds. The second kappa shape index (κ2) is 5.19. The highest BCUT2D eigenvalue weighted by Gasteiger charge is 2.20. The molecule has 0 radical (unpaired) electrons. The minimum absolute atomic E-state index is 0.0521. The number of para-hydroxylation sites is 1. The number of nitrogens with one attached hydrogen (secondary N) is 1. The lowest BCUT2D eigenvalue weighted by Crippen LogP contribution is -2.46. The maximum absolute atomic E-state index is 12.2. The van der Waals surface area contributed by atoms with Crippen molar-refractivity contribution < 1.29 is 4.79 Å². The van der Waals surface area contributed by atoms with Crippen LogP contribution in [0.15, 0.2) is 36.5 Å². The van der Waals surface area contributed by atoms with Gasteiger partial charge in [-0.3, -0.25) is 4.79 Å². The van der Waals surface area contributed by atoms with Crippen LogP contribution in [0.25, 0.3) is 5.69 Å². The molecule has 2 aromatic rings. The first-order valence-electron chi connectivity index (χ1n) is 6.32. The molecule has 0 aliphatic carbocycles. The van der Waals surface area contributed by atoms with Gasteiger partial charge >= 0.3 is 0 Å². The van der Waals surface area contributed by atoms with Gasteiger partial charge in [-0.2, -0.15) is 0 Å². The lowest BCUT2D eigenvalue weighted by molar-refractivity contribution is 0.0730. The summed E-state index contributed by atoms with van der Waals surface area (Å²) in [5.41, 5.74) is 1.29. The van der Waals surface area contributed by atoms with Crippen molar-refractivity contribution in [2.24, 2.45) is 0 Å².